The van der Waals surface area contributed by atoms with Gasteiger partial charge >= 0.3 is 0 Å². The zero-order chi connectivity index (χ0) is 17.2. The average molecular weight is 324 g/mol. The largest absolute Gasteiger partial charge is 0.497 e. The highest BCUT2D eigenvalue weighted by atomic mass is 16.6. The molecule has 0 radical (unpaired) electrons. The predicted molar refractivity (Wildman–Crippen MR) is 91.7 cm³/mol. The second-order valence-corrected chi connectivity index (χ2v) is 5.90. The van der Waals surface area contributed by atoms with Crippen LogP contribution < -0.4 is 4.74 Å². The van der Waals surface area contributed by atoms with Gasteiger partial charge in [-0.1, -0.05) is 30.3 Å². The fraction of sp³-hybridized carbons (Fsp3) is 0.263. The summed E-state index contributed by atoms with van der Waals surface area (Å²) in [4.78, 5) is 12.0. The summed E-state index contributed by atoms with van der Waals surface area (Å²) < 4.78 is 11.3. The van der Waals surface area contributed by atoms with E-state index in [1.807, 2.05) is 61.5 Å². The molecule has 2 aromatic rings. The summed E-state index contributed by atoms with van der Waals surface area (Å²) in [6.45, 7) is 3.37. The number of hydrogen-bond donors (Lipinski definition) is 0. The van der Waals surface area contributed by atoms with Crippen molar-refractivity contribution in [2.75, 3.05) is 7.11 Å². The molecule has 3 rings (SSSR count). The molecule has 0 unspecified atom stereocenters. The molecule has 1 aliphatic heterocycles. The Hall–Kier alpha value is -2.82. The quantitative estimate of drug-likeness (QED) is 0.868. The van der Waals surface area contributed by atoms with E-state index in [0.717, 1.165) is 16.9 Å². The van der Waals surface area contributed by atoms with E-state index in [1.165, 1.54) is 11.9 Å². The number of benzene rings is 2. The zero-order valence-corrected chi connectivity index (χ0v) is 14.0. The molecular weight excluding hydrogens is 304 g/mol. The molecule has 0 aromatic heterocycles. The first-order valence-electron chi connectivity index (χ1n) is 7.78. The van der Waals surface area contributed by atoms with Gasteiger partial charge in [0, 0.05) is 18.9 Å². The van der Waals surface area contributed by atoms with E-state index in [-0.39, 0.29) is 5.91 Å². The maximum absolute atomic E-state index is 12.0. The van der Waals surface area contributed by atoms with Gasteiger partial charge < -0.3 is 9.47 Å². The van der Waals surface area contributed by atoms with Crippen LogP contribution in [0, 0.1) is 0 Å². The number of carbonyl (C=O) groups excluding carboxylic acids is 1. The summed E-state index contributed by atoms with van der Waals surface area (Å²) in [7, 11) is 1.63. The van der Waals surface area contributed by atoms with Crippen molar-refractivity contribution >= 4 is 11.8 Å². The van der Waals surface area contributed by atoms with Gasteiger partial charge in [0.25, 0.3) is 0 Å². The molecule has 1 heterocycles. The van der Waals surface area contributed by atoms with E-state index >= 15 is 0 Å². The number of hydrogen-bond acceptors (Lipinski definition) is 4. The number of amides is 1. The SMILES string of the molecule is COc1ccc(C[C@]2(C)OC(c3ccccc3)=NN2C(C)=O)cc1. The van der Waals surface area contributed by atoms with Crippen molar-refractivity contribution in [2.24, 2.45) is 5.10 Å². The van der Waals surface area contributed by atoms with E-state index in [1.54, 1.807) is 7.11 Å². The fourth-order valence-corrected chi connectivity index (χ4v) is 2.80. The Morgan fingerprint density at radius 2 is 1.83 bits per heavy atom. The molecule has 0 N–H and O–H groups in total. The van der Waals surface area contributed by atoms with Crippen LogP contribution in [0.1, 0.15) is 25.0 Å². The average Bonchev–Trinajstić information content (AvgIpc) is 2.94. The normalized spacial score (nSPS) is 19.6. The summed E-state index contributed by atoms with van der Waals surface area (Å²) >= 11 is 0. The fourth-order valence-electron chi connectivity index (χ4n) is 2.80. The van der Waals surface area contributed by atoms with Gasteiger partial charge in [0.1, 0.15) is 5.75 Å². The second kappa shape index (κ2) is 6.35. The number of rotatable bonds is 4. The molecule has 0 fully saturated rings. The van der Waals surface area contributed by atoms with Crippen molar-refractivity contribution < 1.29 is 14.3 Å². The van der Waals surface area contributed by atoms with Crippen LogP contribution in [0.3, 0.4) is 0 Å². The summed E-state index contributed by atoms with van der Waals surface area (Å²) in [5.74, 6) is 1.10. The molecule has 5 nitrogen and oxygen atoms in total. The van der Waals surface area contributed by atoms with Crippen LogP contribution in [-0.4, -0.2) is 29.6 Å². The molecule has 124 valence electrons. The number of hydrazone groups is 1. The molecule has 0 aliphatic carbocycles. The van der Waals surface area contributed by atoms with E-state index in [4.69, 9.17) is 9.47 Å². The van der Waals surface area contributed by atoms with Crippen molar-refractivity contribution in [2.45, 2.75) is 26.0 Å². The predicted octanol–water partition coefficient (Wildman–Crippen LogP) is 3.19. The molecule has 1 atom stereocenters. The van der Waals surface area contributed by atoms with Crippen molar-refractivity contribution in [3.05, 3.63) is 65.7 Å². The van der Waals surface area contributed by atoms with Gasteiger partial charge in [-0.3, -0.25) is 4.79 Å². The highest BCUT2D eigenvalue weighted by Crippen LogP contribution is 2.31. The van der Waals surface area contributed by atoms with Gasteiger partial charge in [0.2, 0.25) is 17.5 Å². The van der Waals surface area contributed by atoms with E-state index in [2.05, 4.69) is 5.10 Å². The lowest BCUT2D eigenvalue weighted by molar-refractivity contribution is -0.144. The Morgan fingerprint density at radius 3 is 2.42 bits per heavy atom. The molecule has 1 aliphatic rings. The Labute approximate surface area is 141 Å². The topological polar surface area (TPSA) is 51.1 Å². The lowest BCUT2D eigenvalue weighted by Crippen LogP contribution is -2.45. The first kappa shape index (κ1) is 16.1. The van der Waals surface area contributed by atoms with Crippen LogP contribution in [0.5, 0.6) is 5.75 Å². The number of carbonyl (C=O) groups is 1. The maximum Gasteiger partial charge on any atom is 0.243 e. The van der Waals surface area contributed by atoms with Gasteiger partial charge in [-0.05, 0) is 36.8 Å². The Bertz CT molecular complexity index is 756. The number of nitrogens with zero attached hydrogens (tertiary/aromatic N) is 2. The molecule has 0 bridgehead atoms. The van der Waals surface area contributed by atoms with Crippen molar-refractivity contribution in [3.8, 4) is 5.75 Å². The van der Waals surface area contributed by atoms with E-state index in [0.29, 0.717) is 12.3 Å². The third kappa shape index (κ3) is 3.11. The van der Waals surface area contributed by atoms with Gasteiger partial charge in [-0.15, -0.1) is 5.10 Å². The summed E-state index contributed by atoms with van der Waals surface area (Å²) in [6.07, 6.45) is 0.524. The summed E-state index contributed by atoms with van der Waals surface area (Å²) in [5.41, 5.74) is 1.03. The molecule has 0 spiro atoms. The molecule has 1 amide bonds. The van der Waals surface area contributed by atoms with Crippen molar-refractivity contribution in [1.82, 2.24) is 5.01 Å². The molecule has 24 heavy (non-hydrogen) atoms. The second-order valence-electron chi connectivity index (χ2n) is 5.90. The van der Waals surface area contributed by atoms with Crippen LogP contribution in [0.2, 0.25) is 0 Å². The third-order valence-corrected chi connectivity index (χ3v) is 3.97. The van der Waals surface area contributed by atoms with E-state index in [9.17, 15) is 4.79 Å². The lowest BCUT2D eigenvalue weighted by Gasteiger charge is -2.30. The molecule has 2 aromatic carbocycles. The van der Waals surface area contributed by atoms with Crippen LogP contribution in [0.25, 0.3) is 0 Å². The van der Waals surface area contributed by atoms with Gasteiger partial charge in [0.05, 0.1) is 7.11 Å². The zero-order valence-electron chi connectivity index (χ0n) is 14.0. The number of ether oxygens (including phenoxy) is 2. The smallest absolute Gasteiger partial charge is 0.243 e. The Balaban J connectivity index is 1.86. The molecule has 0 saturated heterocycles. The van der Waals surface area contributed by atoms with E-state index < -0.39 is 5.72 Å². The standard InChI is InChI=1S/C19H20N2O3/c1-14(22)21-19(2,13-15-9-11-17(23-3)12-10-15)24-18(20-21)16-7-5-4-6-8-16/h4-12H,13H2,1-3H3/t19-/m0/s1. The van der Waals surface area contributed by atoms with Crippen LogP contribution in [0.4, 0.5) is 0 Å². The minimum absolute atomic E-state index is 0.156. The lowest BCUT2D eigenvalue weighted by atomic mass is 10.0. The van der Waals surface area contributed by atoms with Gasteiger partial charge in [-0.2, -0.15) is 5.01 Å². The van der Waals surface area contributed by atoms with Gasteiger partial charge in [-0.25, -0.2) is 0 Å². The first-order chi connectivity index (χ1) is 11.5. The Kier molecular flexibility index (Phi) is 4.25. The van der Waals surface area contributed by atoms with Crippen molar-refractivity contribution in [3.63, 3.8) is 0 Å². The first-order valence-corrected chi connectivity index (χ1v) is 7.78. The maximum atomic E-state index is 12.0. The summed E-state index contributed by atoms with van der Waals surface area (Å²) in [5, 5.41) is 5.81. The van der Waals surface area contributed by atoms with Crippen LogP contribution >= 0.6 is 0 Å². The van der Waals surface area contributed by atoms with Crippen molar-refractivity contribution in [1.29, 1.82) is 0 Å². The van der Waals surface area contributed by atoms with Crippen LogP contribution in [0.15, 0.2) is 59.7 Å². The minimum atomic E-state index is -0.856. The van der Waals surface area contributed by atoms with Crippen LogP contribution in [-0.2, 0) is 16.0 Å². The highest BCUT2D eigenvalue weighted by Gasteiger charge is 2.43. The molecule has 5 heteroatoms. The third-order valence-electron chi connectivity index (χ3n) is 3.97. The molecular formula is C19H20N2O3. The van der Waals surface area contributed by atoms with Gasteiger partial charge in [0.15, 0.2) is 0 Å². The Morgan fingerprint density at radius 1 is 1.17 bits per heavy atom. The molecule has 0 saturated carbocycles. The summed E-state index contributed by atoms with van der Waals surface area (Å²) in [6, 6.07) is 17.3. The minimum Gasteiger partial charge on any atom is -0.497 e. The monoisotopic (exact) mass is 324 g/mol. The number of methoxy groups -OCH3 is 1. The highest BCUT2D eigenvalue weighted by molar-refractivity contribution is 5.96.